The Labute approximate surface area is 258 Å². The lowest BCUT2D eigenvalue weighted by Crippen LogP contribution is -2.39. The molecule has 15 heteroatoms. The summed E-state index contributed by atoms with van der Waals surface area (Å²) < 4.78 is 92.4. The van der Waals surface area contributed by atoms with Crippen molar-refractivity contribution in [3.8, 4) is 16.9 Å². The Morgan fingerprint density at radius 3 is 2.24 bits per heavy atom. The molecule has 4 atom stereocenters. The van der Waals surface area contributed by atoms with Crippen LogP contribution in [0.2, 0.25) is 0 Å². The normalized spacial score (nSPS) is 22.8. The number of nitrogens with zero attached hydrogens (tertiary/aromatic N) is 4. The number of aliphatic carboxylic acids is 1. The minimum Gasteiger partial charge on any atom is -0.496 e. The van der Waals surface area contributed by atoms with Gasteiger partial charge in [-0.3, -0.25) is 9.69 Å². The first-order valence-electron chi connectivity index (χ1n) is 14.4. The fraction of sp³-hybridized carbons (Fsp3) is 0.419. The van der Waals surface area contributed by atoms with Crippen LogP contribution >= 0.6 is 0 Å². The molecule has 1 N–H and O–H groups in total. The molecule has 2 aromatic carbocycles. The molecule has 1 saturated carbocycles. The molecule has 46 heavy (non-hydrogen) atoms. The van der Waals surface area contributed by atoms with E-state index in [0.717, 1.165) is 12.0 Å². The molecule has 9 nitrogen and oxygen atoms in total. The van der Waals surface area contributed by atoms with Gasteiger partial charge >= 0.3 is 24.4 Å². The van der Waals surface area contributed by atoms with Gasteiger partial charge in [0, 0.05) is 30.4 Å². The number of ether oxygens (including phenoxy) is 2. The second-order valence-electron chi connectivity index (χ2n) is 11.6. The number of amides is 1. The maximum atomic E-state index is 13.6. The highest BCUT2D eigenvalue weighted by Gasteiger charge is 2.45. The summed E-state index contributed by atoms with van der Waals surface area (Å²) in [4.78, 5) is 37.0. The van der Waals surface area contributed by atoms with E-state index in [4.69, 9.17) is 14.5 Å². The number of hydrogen-bond donors (Lipinski definition) is 1. The molecule has 2 saturated heterocycles. The van der Waals surface area contributed by atoms with Crippen molar-refractivity contribution in [1.82, 2.24) is 14.9 Å². The lowest BCUT2D eigenvalue weighted by atomic mass is 9.96. The van der Waals surface area contributed by atoms with Gasteiger partial charge in [0.05, 0.1) is 42.4 Å². The Hall–Kier alpha value is -4.56. The van der Waals surface area contributed by atoms with Crippen molar-refractivity contribution >= 4 is 18.0 Å². The average molecular weight is 651 g/mol. The van der Waals surface area contributed by atoms with Crippen LogP contribution in [0.5, 0.6) is 5.75 Å². The molecule has 0 radical (unpaired) electrons. The molecule has 0 bridgehead atoms. The van der Waals surface area contributed by atoms with Crippen molar-refractivity contribution in [1.29, 1.82) is 0 Å². The molecule has 2 aliphatic heterocycles. The van der Waals surface area contributed by atoms with E-state index < -0.39 is 59.2 Å². The smallest absolute Gasteiger partial charge is 0.416 e. The number of rotatable bonds is 8. The van der Waals surface area contributed by atoms with E-state index >= 15 is 0 Å². The predicted molar refractivity (Wildman–Crippen MR) is 150 cm³/mol. The number of hydrogen-bond acceptors (Lipinski definition) is 7. The summed E-state index contributed by atoms with van der Waals surface area (Å²) >= 11 is 0. The van der Waals surface area contributed by atoms with Crippen LogP contribution in [0.1, 0.15) is 59.7 Å². The molecule has 2 unspecified atom stereocenters. The van der Waals surface area contributed by atoms with Crippen LogP contribution < -0.4 is 9.64 Å². The van der Waals surface area contributed by atoms with Gasteiger partial charge in [-0.15, -0.1) is 0 Å². The lowest BCUT2D eigenvalue weighted by molar-refractivity contribution is -0.143. The van der Waals surface area contributed by atoms with Gasteiger partial charge in [0.15, 0.2) is 0 Å². The Bertz CT molecular complexity index is 1660. The second kappa shape index (κ2) is 11.4. The summed E-state index contributed by atoms with van der Waals surface area (Å²) in [5, 5.41) is 9.44. The number of halogens is 6. The molecular formula is C31H28F6N4O5. The van der Waals surface area contributed by atoms with Crippen LogP contribution in [-0.4, -0.2) is 58.3 Å². The molecule has 3 heterocycles. The summed E-state index contributed by atoms with van der Waals surface area (Å²) in [6, 6.07) is 5.42. The molecule has 244 valence electrons. The standard InChI is InChI=1S/C31H28F6N4O5/c1-15-26(17-8-18(30(32,33)34)11-19(9-17)31(35,36)37)46-29(44)41(15)14-24-23(13-38-28(39-24)40-6-3-7-40)21-10-16(4-5-25(21)45-2)20-12-22(20)27(42)43/h4-5,8-11,13,15,20,22,26H,3,6-7,12,14H2,1-2H3,(H,42,43)/t15-,20?,22?,26-/m0/s1. The minimum absolute atomic E-state index is 0.0228. The van der Waals surface area contributed by atoms with E-state index in [1.165, 1.54) is 18.9 Å². The third-order valence-corrected chi connectivity index (χ3v) is 8.69. The summed E-state index contributed by atoms with van der Waals surface area (Å²) in [5.74, 6) is -0.800. The van der Waals surface area contributed by atoms with Gasteiger partial charge in [-0.25, -0.2) is 14.8 Å². The average Bonchev–Trinajstić information content (AvgIpc) is 3.73. The highest BCUT2D eigenvalue weighted by molar-refractivity contribution is 5.78. The Balaban J connectivity index is 1.37. The molecule has 0 spiro atoms. The minimum atomic E-state index is -5.07. The number of alkyl halides is 6. The van der Waals surface area contributed by atoms with Gasteiger partial charge < -0.3 is 19.5 Å². The topological polar surface area (TPSA) is 105 Å². The van der Waals surface area contributed by atoms with Gasteiger partial charge in [-0.05, 0) is 67.1 Å². The number of carbonyl (C=O) groups is 2. The molecule has 1 aromatic heterocycles. The van der Waals surface area contributed by atoms with E-state index in [0.29, 0.717) is 60.2 Å². The van der Waals surface area contributed by atoms with E-state index in [1.54, 1.807) is 24.4 Å². The largest absolute Gasteiger partial charge is 0.496 e. The van der Waals surface area contributed by atoms with Crippen LogP contribution in [0.3, 0.4) is 0 Å². The fourth-order valence-corrected chi connectivity index (χ4v) is 5.89. The molecule has 3 fully saturated rings. The van der Waals surface area contributed by atoms with E-state index in [-0.39, 0.29) is 18.5 Å². The molecular weight excluding hydrogens is 622 g/mol. The van der Waals surface area contributed by atoms with Gasteiger partial charge in [0.2, 0.25) is 5.95 Å². The molecule has 6 rings (SSSR count). The maximum Gasteiger partial charge on any atom is 0.416 e. The lowest BCUT2D eigenvalue weighted by Gasteiger charge is -2.31. The van der Waals surface area contributed by atoms with Crippen molar-refractivity contribution in [2.24, 2.45) is 5.92 Å². The summed E-state index contributed by atoms with van der Waals surface area (Å²) in [7, 11) is 1.46. The third kappa shape index (κ3) is 5.89. The number of carboxylic acid groups (broad SMARTS) is 1. The van der Waals surface area contributed by atoms with Crippen molar-refractivity contribution in [3.05, 3.63) is 70.5 Å². The number of cyclic esters (lactones) is 1. The quantitative estimate of drug-likeness (QED) is 0.270. The first-order chi connectivity index (χ1) is 21.7. The molecule has 1 aliphatic carbocycles. The Morgan fingerprint density at radius 1 is 1.02 bits per heavy atom. The Morgan fingerprint density at radius 2 is 1.70 bits per heavy atom. The zero-order chi connectivity index (χ0) is 33.1. The Kier molecular flexibility index (Phi) is 7.75. The van der Waals surface area contributed by atoms with Crippen molar-refractivity contribution in [2.45, 2.75) is 56.7 Å². The third-order valence-electron chi connectivity index (χ3n) is 8.69. The number of methoxy groups -OCH3 is 1. The summed E-state index contributed by atoms with van der Waals surface area (Å²) in [5.41, 5.74) is -1.37. The van der Waals surface area contributed by atoms with Crippen molar-refractivity contribution < 1.29 is 50.5 Å². The van der Waals surface area contributed by atoms with Crippen LogP contribution in [-0.2, 0) is 28.4 Å². The fourth-order valence-electron chi connectivity index (χ4n) is 5.89. The number of carbonyl (C=O) groups excluding carboxylic acids is 1. The number of benzene rings is 2. The second-order valence-corrected chi connectivity index (χ2v) is 11.6. The monoisotopic (exact) mass is 650 g/mol. The maximum absolute atomic E-state index is 13.6. The SMILES string of the molecule is COc1ccc(C2CC2C(=O)O)cc1-c1cnc(N2CCC2)nc1CN1C(=O)O[C@H](c2cc(C(F)(F)F)cc(C(F)(F)F)c2)[C@@H]1C. The molecule has 3 aromatic rings. The first-order valence-corrected chi connectivity index (χ1v) is 14.4. The summed E-state index contributed by atoms with van der Waals surface area (Å²) in [6.45, 7) is 2.67. The van der Waals surface area contributed by atoms with Crippen molar-refractivity contribution in [2.75, 3.05) is 25.1 Å². The number of aromatic nitrogens is 2. The number of carboxylic acids is 1. The first kappa shape index (κ1) is 31.4. The highest BCUT2D eigenvalue weighted by Crippen LogP contribution is 2.49. The highest BCUT2D eigenvalue weighted by atomic mass is 19.4. The molecule has 3 aliphatic rings. The predicted octanol–water partition coefficient (Wildman–Crippen LogP) is 6.67. The van der Waals surface area contributed by atoms with Crippen LogP contribution in [0.15, 0.2) is 42.6 Å². The van der Waals surface area contributed by atoms with E-state index in [1.807, 2.05) is 4.90 Å². The van der Waals surface area contributed by atoms with Crippen LogP contribution in [0.4, 0.5) is 37.1 Å². The van der Waals surface area contributed by atoms with E-state index in [9.17, 15) is 41.0 Å². The van der Waals surface area contributed by atoms with Crippen molar-refractivity contribution in [3.63, 3.8) is 0 Å². The van der Waals surface area contributed by atoms with Gasteiger partial charge in [0.1, 0.15) is 11.9 Å². The van der Waals surface area contributed by atoms with Gasteiger partial charge in [0.25, 0.3) is 0 Å². The van der Waals surface area contributed by atoms with Gasteiger partial charge in [-0.2, -0.15) is 26.3 Å². The van der Waals surface area contributed by atoms with Crippen LogP contribution in [0, 0.1) is 5.92 Å². The van der Waals surface area contributed by atoms with Gasteiger partial charge in [-0.1, -0.05) is 6.07 Å². The van der Waals surface area contributed by atoms with E-state index in [2.05, 4.69) is 4.98 Å². The number of anilines is 1. The zero-order valence-electron chi connectivity index (χ0n) is 24.5. The zero-order valence-corrected chi connectivity index (χ0v) is 24.5. The van der Waals surface area contributed by atoms with Crippen LogP contribution in [0.25, 0.3) is 11.1 Å². The summed E-state index contributed by atoms with van der Waals surface area (Å²) in [6.07, 6.45) is -9.55. The molecule has 1 amide bonds.